The highest BCUT2D eigenvalue weighted by Crippen LogP contribution is 2.34. The summed E-state index contributed by atoms with van der Waals surface area (Å²) in [5, 5.41) is 7.74. The normalized spacial score (nSPS) is 11.8. The molecule has 1 aromatic carbocycles. The van der Waals surface area contributed by atoms with E-state index in [4.69, 9.17) is 38.6 Å². The molecule has 0 radical (unpaired) electrons. The van der Waals surface area contributed by atoms with Crippen LogP contribution >= 0.6 is 33.9 Å². The van der Waals surface area contributed by atoms with E-state index in [-0.39, 0.29) is 24.1 Å². The van der Waals surface area contributed by atoms with Gasteiger partial charge in [-0.15, -0.1) is 10.2 Å². The summed E-state index contributed by atoms with van der Waals surface area (Å²) in [6, 6.07) is 4.91. The Bertz CT molecular complexity index is 741. The maximum absolute atomic E-state index is 11.6. The predicted molar refractivity (Wildman–Crippen MR) is 80.4 cm³/mol. The van der Waals surface area contributed by atoms with E-state index in [1.165, 1.54) is 11.7 Å². The molecule has 10 heteroatoms. The molecule has 0 spiro atoms. The van der Waals surface area contributed by atoms with Crippen LogP contribution in [0, 0.1) is 0 Å². The van der Waals surface area contributed by atoms with Crippen molar-refractivity contribution in [3.63, 3.8) is 0 Å². The van der Waals surface area contributed by atoms with Crippen molar-refractivity contribution < 1.29 is 13.2 Å². The van der Waals surface area contributed by atoms with Gasteiger partial charge in [0.25, 0.3) is 14.2 Å². The molecule has 0 aliphatic carbocycles. The number of rotatable bonds is 5. The highest BCUT2D eigenvalue weighted by atomic mass is 35.7. The highest BCUT2D eigenvalue weighted by molar-refractivity contribution is 8.13. The third kappa shape index (κ3) is 3.49. The van der Waals surface area contributed by atoms with E-state index in [1.807, 2.05) is 0 Å². The second-order valence-electron chi connectivity index (χ2n) is 3.99. The van der Waals surface area contributed by atoms with Crippen molar-refractivity contribution in [3.8, 4) is 11.4 Å². The maximum Gasteiger partial charge on any atom is 0.296 e. The lowest BCUT2D eigenvalue weighted by Crippen LogP contribution is -2.11. The van der Waals surface area contributed by atoms with Gasteiger partial charge in [0.15, 0.2) is 5.82 Å². The number of halogens is 3. The molecule has 0 atom stereocenters. The van der Waals surface area contributed by atoms with E-state index in [0.29, 0.717) is 15.6 Å². The fourth-order valence-electron chi connectivity index (χ4n) is 1.75. The zero-order valence-corrected chi connectivity index (χ0v) is 13.8. The molecule has 0 aliphatic rings. The molecule has 0 N–H and O–H groups in total. The Morgan fingerprint density at radius 3 is 2.38 bits per heavy atom. The largest absolute Gasteiger partial charge is 0.383 e. The third-order valence-corrected chi connectivity index (χ3v) is 4.42. The average molecular weight is 371 g/mol. The minimum Gasteiger partial charge on any atom is -0.383 e. The quantitative estimate of drug-likeness (QED) is 0.757. The van der Waals surface area contributed by atoms with Crippen LogP contribution < -0.4 is 0 Å². The minimum atomic E-state index is -4.06. The average Bonchev–Trinajstić information content (AvgIpc) is 2.79. The second-order valence-corrected chi connectivity index (χ2v) is 7.26. The summed E-state index contributed by atoms with van der Waals surface area (Å²) in [6.07, 6.45) is 0. The summed E-state index contributed by atoms with van der Waals surface area (Å²) in [4.78, 5) is 0. The SMILES string of the molecule is COCCn1c(-c2c(Cl)cccc2Cl)nnc1S(=O)(=O)Cl. The van der Waals surface area contributed by atoms with E-state index in [0.717, 1.165) is 0 Å². The van der Waals surface area contributed by atoms with Crippen molar-refractivity contribution in [2.45, 2.75) is 11.7 Å². The molecule has 0 fully saturated rings. The first-order chi connectivity index (χ1) is 9.86. The number of ether oxygens (including phenoxy) is 1. The number of aromatic nitrogens is 3. The number of methoxy groups -OCH3 is 1. The number of nitrogens with zero attached hydrogens (tertiary/aromatic N) is 3. The molecule has 2 rings (SSSR count). The van der Waals surface area contributed by atoms with Gasteiger partial charge in [0.2, 0.25) is 0 Å². The number of benzene rings is 1. The lowest BCUT2D eigenvalue weighted by molar-refractivity contribution is 0.185. The molecule has 21 heavy (non-hydrogen) atoms. The molecule has 1 aromatic heterocycles. The van der Waals surface area contributed by atoms with Crippen LogP contribution in [-0.2, 0) is 20.3 Å². The molecule has 0 saturated heterocycles. The van der Waals surface area contributed by atoms with Gasteiger partial charge in [-0.3, -0.25) is 4.57 Å². The van der Waals surface area contributed by atoms with E-state index in [1.54, 1.807) is 18.2 Å². The summed E-state index contributed by atoms with van der Waals surface area (Å²) < 4.78 is 29.4. The van der Waals surface area contributed by atoms with Gasteiger partial charge < -0.3 is 4.74 Å². The summed E-state index contributed by atoms with van der Waals surface area (Å²) in [6.45, 7) is 0.425. The van der Waals surface area contributed by atoms with Crippen molar-refractivity contribution in [2.75, 3.05) is 13.7 Å². The Morgan fingerprint density at radius 1 is 1.24 bits per heavy atom. The molecule has 0 aliphatic heterocycles. The van der Waals surface area contributed by atoms with Crippen molar-refractivity contribution in [1.82, 2.24) is 14.8 Å². The fourth-order valence-corrected chi connectivity index (χ4v) is 3.24. The molecule has 0 saturated carbocycles. The van der Waals surface area contributed by atoms with E-state index in [9.17, 15) is 8.42 Å². The molecule has 2 aromatic rings. The molecule has 0 unspecified atom stereocenters. The van der Waals surface area contributed by atoms with Crippen LogP contribution in [0.3, 0.4) is 0 Å². The Kier molecular flexibility index (Phi) is 5.11. The predicted octanol–water partition coefficient (Wildman–Crippen LogP) is 2.83. The molecule has 0 bridgehead atoms. The van der Waals surface area contributed by atoms with Crippen LogP contribution in [0.25, 0.3) is 11.4 Å². The molecule has 0 amide bonds. The molecular weight excluding hydrogens is 361 g/mol. The zero-order valence-electron chi connectivity index (χ0n) is 10.8. The van der Waals surface area contributed by atoms with Gasteiger partial charge >= 0.3 is 0 Å². The summed E-state index contributed by atoms with van der Waals surface area (Å²) in [7, 11) is 2.80. The topological polar surface area (TPSA) is 74.1 Å². The number of hydrogen-bond donors (Lipinski definition) is 0. The first-order valence-electron chi connectivity index (χ1n) is 5.67. The standard InChI is InChI=1S/C11H10Cl3N3O3S/c1-20-6-5-17-10(15-16-11(17)21(14,18)19)9-7(12)3-2-4-8(9)13/h2-4H,5-6H2,1H3. The van der Waals surface area contributed by atoms with Gasteiger partial charge in [-0.1, -0.05) is 29.3 Å². The second kappa shape index (κ2) is 6.50. The Morgan fingerprint density at radius 2 is 1.86 bits per heavy atom. The zero-order chi connectivity index (χ0) is 15.6. The minimum absolute atomic E-state index is 0.182. The van der Waals surface area contributed by atoms with Crippen LogP contribution in [0.4, 0.5) is 0 Å². The van der Waals surface area contributed by atoms with Crippen molar-refractivity contribution in [1.29, 1.82) is 0 Å². The van der Waals surface area contributed by atoms with Crippen molar-refractivity contribution in [2.24, 2.45) is 0 Å². The van der Waals surface area contributed by atoms with Gasteiger partial charge in [0, 0.05) is 17.8 Å². The van der Waals surface area contributed by atoms with Gasteiger partial charge in [-0.05, 0) is 12.1 Å². The first kappa shape index (κ1) is 16.5. The van der Waals surface area contributed by atoms with Gasteiger partial charge in [0.05, 0.1) is 28.8 Å². The first-order valence-corrected chi connectivity index (χ1v) is 8.74. The lowest BCUT2D eigenvalue weighted by atomic mass is 10.2. The van der Waals surface area contributed by atoms with Crippen LogP contribution in [0.2, 0.25) is 10.0 Å². The van der Waals surface area contributed by atoms with Gasteiger partial charge in [0.1, 0.15) is 0 Å². The van der Waals surface area contributed by atoms with E-state index in [2.05, 4.69) is 10.2 Å². The summed E-state index contributed by atoms with van der Waals surface area (Å²) in [5.74, 6) is 0.210. The molecule has 1 heterocycles. The van der Waals surface area contributed by atoms with Crippen LogP contribution in [0.15, 0.2) is 23.4 Å². The van der Waals surface area contributed by atoms with Gasteiger partial charge in [-0.25, -0.2) is 8.42 Å². The van der Waals surface area contributed by atoms with Gasteiger partial charge in [-0.2, -0.15) is 0 Å². The van der Waals surface area contributed by atoms with E-state index >= 15 is 0 Å². The van der Waals surface area contributed by atoms with Crippen LogP contribution in [0.1, 0.15) is 0 Å². The Labute approximate surface area is 136 Å². The monoisotopic (exact) mass is 369 g/mol. The lowest BCUT2D eigenvalue weighted by Gasteiger charge is -2.10. The third-order valence-electron chi connectivity index (χ3n) is 2.64. The number of hydrogen-bond acceptors (Lipinski definition) is 5. The van der Waals surface area contributed by atoms with Crippen LogP contribution in [0.5, 0.6) is 0 Å². The molecule has 6 nitrogen and oxygen atoms in total. The van der Waals surface area contributed by atoms with Crippen molar-refractivity contribution >= 4 is 42.9 Å². The highest BCUT2D eigenvalue weighted by Gasteiger charge is 2.25. The molecular formula is C11H10Cl3N3O3S. The summed E-state index contributed by atoms with van der Waals surface area (Å²) in [5.41, 5.74) is 0.385. The smallest absolute Gasteiger partial charge is 0.296 e. The Balaban J connectivity index is 2.67. The molecule has 114 valence electrons. The van der Waals surface area contributed by atoms with Crippen LogP contribution in [-0.4, -0.2) is 36.9 Å². The fraction of sp³-hybridized carbons (Fsp3) is 0.273. The van der Waals surface area contributed by atoms with Crippen molar-refractivity contribution in [3.05, 3.63) is 28.2 Å². The van der Waals surface area contributed by atoms with E-state index < -0.39 is 9.05 Å². The Hall–Kier alpha value is -0.860. The summed E-state index contributed by atoms with van der Waals surface area (Å²) >= 11 is 12.2. The maximum atomic E-state index is 11.6.